The lowest BCUT2D eigenvalue weighted by Gasteiger charge is -2.27. The molecule has 4 heteroatoms. The second kappa shape index (κ2) is 5.69. The van der Waals surface area contributed by atoms with Gasteiger partial charge in [0.2, 0.25) is 0 Å². The number of carbonyl (C=O) groups excluding carboxylic acids is 1. The molecule has 0 aromatic rings. The summed E-state index contributed by atoms with van der Waals surface area (Å²) in [5.74, 6) is -2.06. The molecule has 1 N–H and O–H groups in total. The van der Waals surface area contributed by atoms with Crippen LogP contribution in [-0.2, 0) is 14.3 Å². The standard InChI is InChI=1S/C15H16O4/c1-2-9-19-15(18)13-11-6-4-3-5-10(7-8-11)12(13)14(16)17/h2-4,7-8,10-11H,1,5-6,9H2,(H,16,17). The summed E-state index contributed by atoms with van der Waals surface area (Å²) in [6.45, 7) is 3.57. The van der Waals surface area contributed by atoms with Gasteiger partial charge < -0.3 is 9.84 Å². The molecule has 0 aromatic heterocycles. The first-order valence-electron chi connectivity index (χ1n) is 6.23. The predicted octanol–water partition coefficient (Wildman–Crippen LogP) is 2.25. The molecule has 0 saturated heterocycles. The van der Waals surface area contributed by atoms with Crippen molar-refractivity contribution in [1.82, 2.24) is 0 Å². The number of esters is 1. The number of hydrogen-bond donors (Lipinski definition) is 1. The summed E-state index contributed by atoms with van der Waals surface area (Å²) in [7, 11) is 0. The van der Waals surface area contributed by atoms with Gasteiger partial charge in [0.1, 0.15) is 6.61 Å². The van der Waals surface area contributed by atoms with Gasteiger partial charge in [0.05, 0.1) is 11.1 Å². The Hall–Kier alpha value is -2.10. The van der Waals surface area contributed by atoms with Crippen LogP contribution < -0.4 is 0 Å². The Kier molecular flexibility index (Phi) is 4.00. The van der Waals surface area contributed by atoms with E-state index in [1.165, 1.54) is 6.08 Å². The van der Waals surface area contributed by atoms with Crippen molar-refractivity contribution >= 4 is 11.9 Å². The van der Waals surface area contributed by atoms with Crippen molar-refractivity contribution in [3.05, 3.63) is 48.1 Å². The van der Waals surface area contributed by atoms with E-state index in [9.17, 15) is 14.7 Å². The third-order valence-electron chi connectivity index (χ3n) is 3.34. The predicted molar refractivity (Wildman–Crippen MR) is 70.3 cm³/mol. The molecule has 0 spiro atoms. The van der Waals surface area contributed by atoms with Gasteiger partial charge in [-0.15, -0.1) is 0 Å². The highest BCUT2D eigenvalue weighted by Crippen LogP contribution is 2.36. The summed E-state index contributed by atoms with van der Waals surface area (Å²) in [5, 5.41) is 9.38. The van der Waals surface area contributed by atoms with E-state index < -0.39 is 11.9 Å². The summed E-state index contributed by atoms with van der Waals surface area (Å²) in [6.07, 6.45) is 10.4. The van der Waals surface area contributed by atoms with Gasteiger partial charge in [0.25, 0.3) is 0 Å². The number of rotatable bonds is 4. The maximum atomic E-state index is 12.1. The number of carboxylic acids is 1. The molecule has 2 unspecified atom stereocenters. The van der Waals surface area contributed by atoms with Gasteiger partial charge in [-0.05, 0) is 12.8 Å². The fourth-order valence-electron chi connectivity index (χ4n) is 2.49. The molecule has 0 saturated carbocycles. The summed E-state index contributed by atoms with van der Waals surface area (Å²) in [4.78, 5) is 23.5. The zero-order valence-electron chi connectivity index (χ0n) is 10.5. The number of ether oxygens (including phenoxy) is 1. The first kappa shape index (κ1) is 13.3. The molecule has 3 aliphatic carbocycles. The highest BCUT2D eigenvalue weighted by atomic mass is 16.5. The fraction of sp³-hybridized carbons (Fsp3) is 0.333. The lowest BCUT2D eigenvalue weighted by molar-refractivity contribution is -0.140. The molecule has 2 bridgehead atoms. The largest absolute Gasteiger partial charge is 0.478 e. The second-order valence-corrected chi connectivity index (χ2v) is 4.56. The summed E-state index contributed by atoms with van der Waals surface area (Å²) >= 11 is 0. The van der Waals surface area contributed by atoms with E-state index in [1.54, 1.807) is 0 Å². The van der Waals surface area contributed by atoms with Crippen LogP contribution in [-0.4, -0.2) is 23.7 Å². The van der Waals surface area contributed by atoms with E-state index in [-0.39, 0.29) is 29.6 Å². The van der Waals surface area contributed by atoms with Gasteiger partial charge >= 0.3 is 11.9 Å². The third kappa shape index (κ3) is 2.67. The van der Waals surface area contributed by atoms with Gasteiger partial charge in [0.15, 0.2) is 0 Å². The van der Waals surface area contributed by atoms with Crippen molar-refractivity contribution in [3.63, 3.8) is 0 Å². The molecule has 0 heterocycles. The van der Waals surface area contributed by atoms with Crippen LogP contribution >= 0.6 is 0 Å². The molecule has 0 fully saturated rings. The number of hydrogen-bond acceptors (Lipinski definition) is 3. The molecule has 0 radical (unpaired) electrons. The van der Waals surface area contributed by atoms with E-state index in [1.807, 2.05) is 24.3 Å². The molecule has 0 aliphatic heterocycles. The topological polar surface area (TPSA) is 63.6 Å². The quantitative estimate of drug-likeness (QED) is 0.622. The van der Waals surface area contributed by atoms with Crippen molar-refractivity contribution in [2.24, 2.45) is 11.8 Å². The summed E-state index contributed by atoms with van der Waals surface area (Å²) in [5.41, 5.74) is 0.456. The Morgan fingerprint density at radius 2 is 1.84 bits per heavy atom. The second-order valence-electron chi connectivity index (χ2n) is 4.56. The monoisotopic (exact) mass is 260 g/mol. The van der Waals surface area contributed by atoms with Crippen molar-refractivity contribution in [2.75, 3.05) is 6.61 Å². The van der Waals surface area contributed by atoms with Crippen LogP contribution in [0.5, 0.6) is 0 Å². The zero-order valence-corrected chi connectivity index (χ0v) is 10.5. The van der Waals surface area contributed by atoms with Crippen LogP contribution in [0.2, 0.25) is 0 Å². The minimum atomic E-state index is -1.04. The van der Waals surface area contributed by atoms with Crippen LogP contribution in [0.1, 0.15) is 12.8 Å². The normalized spacial score (nSPS) is 24.8. The highest BCUT2D eigenvalue weighted by Gasteiger charge is 2.34. The van der Waals surface area contributed by atoms with Gasteiger partial charge in [-0.25, -0.2) is 9.59 Å². The van der Waals surface area contributed by atoms with E-state index in [0.29, 0.717) is 12.8 Å². The number of allylic oxidation sites excluding steroid dienone is 4. The summed E-state index contributed by atoms with van der Waals surface area (Å²) < 4.78 is 5.02. The number of aliphatic carboxylic acids is 1. The highest BCUT2D eigenvalue weighted by molar-refractivity contribution is 6.01. The molecular formula is C15H16O4. The smallest absolute Gasteiger partial charge is 0.335 e. The van der Waals surface area contributed by atoms with Crippen molar-refractivity contribution < 1.29 is 19.4 Å². The third-order valence-corrected chi connectivity index (χ3v) is 3.34. The first-order valence-corrected chi connectivity index (χ1v) is 6.23. The van der Waals surface area contributed by atoms with E-state index >= 15 is 0 Å². The van der Waals surface area contributed by atoms with Crippen LogP contribution in [0, 0.1) is 11.8 Å². The van der Waals surface area contributed by atoms with Gasteiger partial charge in [-0.3, -0.25) is 0 Å². The van der Waals surface area contributed by atoms with Crippen molar-refractivity contribution in [1.29, 1.82) is 0 Å². The minimum absolute atomic E-state index is 0.0895. The first-order chi connectivity index (χ1) is 9.15. The Morgan fingerprint density at radius 1 is 1.26 bits per heavy atom. The van der Waals surface area contributed by atoms with Crippen LogP contribution in [0.4, 0.5) is 0 Å². The van der Waals surface area contributed by atoms with Gasteiger partial charge in [-0.1, -0.05) is 37.0 Å². The lowest BCUT2D eigenvalue weighted by atomic mass is 9.77. The van der Waals surface area contributed by atoms with Crippen LogP contribution in [0.15, 0.2) is 48.1 Å². The minimum Gasteiger partial charge on any atom is -0.478 e. The SMILES string of the molecule is C=CCOC(=O)C1=C(C(=O)O)C2C=CC1CC=CC2. The molecule has 0 aromatic carbocycles. The van der Waals surface area contributed by atoms with Gasteiger partial charge in [0, 0.05) is 11.8 Å². The Bertz CT molecular complexity index is 496. The Labute approximate surface area is 111 Å². The van der Waals surface area contributed by atoms with E-state index in [2.05, 4.69) is 6.58 Å². The maximum absolute atomic E-state index is 12.1. The number of carbonyl (C=O) groups is 2. The molecule has 100 valence electrons. The molecule has 3 rings (SSSR count). The van der Waals surface area contributed by atoms with Gasteiger partial charge in [-0.2, -0.15) is 0 Å². The van der Waals surface area contributed by atoms with Crippen molar-refractivity contribution in [2.45, 2.75) is 12.8 Å². The maximum Gasteiger partial charge on any atom is 0.335 e. The van der Waals surface area contributed by atoms with E-state index in [4.69, 9.17) is 4.74 Å². The number of fused-ring (bicyclic) bond motifs is 2. The molecule has 4 nitrogen and oxygen atoms in total. The zero-order chi connectivity index (χ0) is 13.8. The van der Waals surface area contributed by atoms with Crippen LogP contribution in [0.25, 0.3) is 0 Å². The Morgan fingerprint density at radius 3 is 2.37 bits per heavy atom. The molecule has 0 amide bonds. The molecule has 19 heavy (non-hydrogen) atoms. The average molecular weight is 260 g/mol. The average Bonchev–Trinajstić information content (AvgIpc) is 2.35. The van der Waals surface area contributed by atoms with E-state index in [0.717, 1.165) is 0 Å². The molecule has 2 atom stereocenters. The molecule has 3 aliphatic rings. The van der Waals surface area contributed by atoms with Crippen LogP contribution in [0.3, 0.4) is 0 Å². The summed E-state index contributed by atoms with van der Waals surface area (Å²) in [6, 6.07) is 0. The number of carboxylic acid groups (broad SMARTS) is 1. The lowest BCUT2D eigenvalue weighted by Crippen LogP contribution is -2.27. The fourth-order valence-corrected chi connectivity index (χ4v) is 2.49. The Balaban J connectivity index is 2.40. The molecular weight excluding hydrogens is 244 g/mol. The van der Waals surface area contributed by atoms with Crippen molar-refractivity contribution in [3.8, 4) is 0 Å².